The zero-order valence-electron chi connectivity index (χ0n) is 18.0. The maximum Gasteiger partial charge on any atom is 0.142 e. The van der Waals surface area contributed by atoms with Crippen LogP contribution in [0.3, 0.4) is 0 Å². The van der Waals surface area contributed by atoms with Gasteiger partial charge in [-0.2, -0.15) is 0 Å². The number of nitrogens with zero attached hydrogens (tertiary/aromatic N) is 3. The SMILES string of the molecule is COc1cccc(-c2csc(CN3CCN(c4ccccc4OC)CC3)n2)c1.Cl.Cl.Cl.O. The number of hydrogen-bond acceptors (Lipinski definition) is 6. The minimum absolute atomic E-state index is 0. The smallest absolute Gasteiger partial charge is 0.142 e. The third-order valence-corrected chi connectivity index (χ3v) is 5.91. The van der Waals surface area contributed by atoms with Crippen molar-refractivity contribution in [2.75, 3.05) is 45.3 Å². The molecular weight excluding hydrogens is 493 g/mol. The Kier molecular flexibility index (Phi) is 13.6. The van der Waals surface area contributed by atoms with Gasteiger partial charge in [-0.1, -0.05) is 24.3 Å². The van der Waals surface area contributed by atoms with Gasteiger partial charge in [0.25, 0.3) is 0 Å². The summed E-state index contributed by atoms with van der Waals surface area (Å²) in [6, 6.07) is 16.3. The molecule has 1 aromatic heterocycles. The highest BCUT2D eigenvalue weighted by Crippen LogP contribution is 2.29. The Balaban J connectivity index is 0.00000240. The summed E-state index contributed by atoms with van der Waals surface area (Å²) in [6.45, 7) is 4.93. The normalized spacial score (nSPS) is 13.0. The van der Waals surface area contributed by atoms with E-state index in [0.29, 0.717) is 0 Å². The Morgan fingerprint density at radius 3 is 2.31 bits per heavy atom. The minimum Gasteiger partial charge on any atom is -0.497 e. The number of anilines is 1. The van der Waals surface area contributed by atoms with Crippen LogP contribution in [0.5, 0.6) is 11.5 Å². The summed E-state index contributed by atoms with van der Waals surface area (Å²) in [4.78, 5) is 9.72. The Morgan fingerprint density at radius 2 is 1.62 bits per heavy atom. The van der Waals surface area contributed by atoms with E-state index in [1.807, 2.05) is 30.3 Å². The van der Waals surface area contributed by atoms with Gasteiger partial charge in [-0.05, 0) is 24.3 Å². The number of aromatic nitrogens is 1. The van der Waals surface area contributed by atoms with Crippen LogP contribution in [0.25, 0.3) is 11.3 Å². The molecule has 4 rings (SSSR count). The van der Waals surface area contributed by atoms with E-state index in [1.165, 1.54) is 5.69 Å². The first-order valence-corrected chi connectivity index (χ1v) is 10.3. The van der Waals surface area contributed by atoms with Crippen LogP contribution in [0.2, 0.25) is 0 Å². The molecule has 0 spiro atoms. The second-order valence-electron chi connectivity index (χ2n) is 6.79. The first-order valence-electron chi connectivity index (χ1n) is 9.46. The maximum absolute atomic E-state index is 5.51. The molecule has 1 fully saturated rings. The molecule has 0 saturated carbocycles. The maximum atomic E-state index is 5.51. The summed E-state index contributed by atoms with van der Waals surface area (Å²) in [5.74, 6) is 1.80. The molecule has 2 aromatic carbocycles. The van der Waals surface area contributed by atoms with Crippen molar-refractivity contribution in [3.8, 4) is 22.8 Å². The van der Waals surface area contributed by atoms with E-state index in [0.717, 1.165) is 60.5 Å². The number of thiazole rings is 1. The lowest BCUT2D eigenvalue weighted by Crippen LogP contribution is -2.46. The van der Waals surface area contributed by atoms with Crippen LogP contribution < -0.4 is 14.4 Å². The summed E-state index contributed by atoms with van der Waals surface area (Å²) < 4.78 is 10.8. The fraction of sp³-hybridized carbons (Fsp3) is 0.318. The molecule has 2 N–H and O–H groups in total. The van der Waals surface area contributed by atoms with Crippen molar-refractivity contribution < 1.29 is 14.9 Å². The standard InChI is InChI=1S/C22H25N3O2S.3ClH.H2O/c1-26-18-7-5-6-17(14-18)19-16-28-22(23-19)15-24-10-12-25(13-11-24)20-8-3-4-9-21(20)27-2;;;;/h3-9,14,16H,10-13,15H2,1-2H3;3*1H;1H2. The van der Waals surface area contributed by atoms with Crippen molar-refractivity contribution in [2.45, 2.75) is 6.54 Å². The van der Waals surface area contributed by atoms with Crippen LogP contribution in [-0.2, 0) is 6.54 Å². The zero-order valence-corrected chi connectivity index (χ0v) is 21.3. The van der Waals surface area contributed by atoms with E-state index in [4.69, 9.17) is 14.5 Å². The molecule has 178 valence electrons. The predicted octanol–water partition coefficient (Wildman–Crippen LogP) is 4.59. The Bertz CT molecular complexity index is 937. The first-order chi connectivity index (χ1) is 13.8. The Labute approximate surface area is 212 Å². The second-order valence-corrected chi connectivity index (χ2v) is 7.74. The summed E-state index contributed by atoms with van der Waals surface area (Å²) in [7, 11) is 3.42. The van der Waals surface area contributed by atoms with Crippen LogP contribution in [0.4, 0.5) is 5.69 Å². The highest BCUT2D eigenvalue weighted by Gasteiger charge is 2.20. The minimum atomic E-state index is 0. The van der Waals surface area contributed by atoms with Crippen molar-refractivity contribution >= 4 is 54.2 Å². The number of piperazine rings is 1. The molecule has 6 nitrogen and oxygen atoms in total. The zero-order chi connectivity index (χ0) is 19.3. The fourth-order valence-electron chi connectivity index (χ4n) is 3.53. The topological polar surface area (TPSA) is 69.3 Å². The van der Waals surface area contributed by atoms with E-state index in [2.05, 4.69) is 33.4 Å². The van der Waals surface area contributed by atoms with Gasteiger partial charge in [0.2, 0.25) is 0 Å². The molecule has 1 aliphatic heterocycles. The van der Waals surface area contributed by atoms with Crippen molar-refractivity contribution in [3.05, 3.63) is 58.9 Å². The molecule has 2 heterocycles. The molecule has 0 amide bonds. The number of benzene rings is 2. The van der Waals surface area contributed by atoms with Gasteiger partial charge < -0.3 is 19.8 Å². The molecule has 32 heavy (non-hydrogen) atoms. The van der Waals surface area contributed by atoms with E-state index in [-0.39, 0.29) is 42.7 Å². The number of rotatable bonds is 6. The molecule has 0 radical (unpaired) electrons. The lowest BCUT2D eigenvalue weighted by atomic mass is 10.2. The number of hydrogen-bond donors (Lipinski definition) is 0. The van der Waals surface area contributed by atoms with Gasteiger partial charge >= 0.3 is 0 Å². The largest absolute Gasteiger partial charge is 0.497 e. The van der Waals surface area contributed by atoms with Crippen LogP contribution >= 0.6 is 48.6 Å². The summed E-state index contributed by atoms with van der Waals surface area (Å²) in [6.07, 6.45) is 0. The highest BCUT2D eigenvalue weighted by atomic mass is 35.5. The predicted molar refractivity (Wildman–Crippen MR) is 140 cm³/mol. The number of methoxy groups -OCH3 is 2. The molecular formula is C22H30Cl3N3O3S. The van der Waals surface area contributed by atoms with Crippen LogP contribution in [0.15, 0.2) is 53.9 Å². The average Bonchev–Trinajstić information content (AvgIpc) is 3.23. The molecule has 0 unspecified atom stereocenters. The third kappa shape index (κ3) is 7.13. The second kappa shape index (κ2) is 14.4. The summed E-state index contributed by atoms with van der Waals surface area (Å²) in [5.41, 5.74) is 3.30. The van der Waals surface area contributed by atoms with Crippen molar-refractivity contribution in [2.24, 2.45) is 0 Å². The van der Waals surface area contributed by atoms with Gasteiger partial charge in [0.15, 0.2) is 0 Å². The van der Waals surface area contributed by atoms with Crippen molar-refractivity contribution in [1.29, 1.82) is 0 Å². The monoisotopic (exact) mass is 521 g/mol. The van der Waals surface area contributed by atoms with Crippen molar-refractivity contribution in [1.82, 2.24) is 9.88 Å². The van der Waals surface area contributed by atoms with Gasteiger partial charge in [0, 0.05) is 37.1 Å². The van der Waals surface area contributed by atoms with E-state index < -0.39 is 0 Å². The highest BCUT2D eigenvalue weighted by molar-refractivity contribution is 7.09. The quantitative estimate of drug-likeness (QED) is 0.474. The Hall–Kier alpha value is -1.74. The van der Waals surface area contributed by atoms with E-state index >= 15 is 0 Å². The van der Waals surface area contributed by atoms with Crippen LogP contribution in [0, 0.1) is 0 Å². The number of halogens is 3. The van der Waals surface area contributed by atoms with Gasteiger partial charge in [-0.3, -0.25) is 4.90 Å². The van der Waals surface area contributed by atoms with Crippen LogP contribution in [-0.4, -0.2) is 55.8 Å². The van der Waals surface area contributed by atoms with Gasteiger partial charge in [0.05, 0.1) is 32.1 Å². The molecule has 1 saturated heterocycles. The molecule has 10 heteroatoms. The lowest BCUT2D eigenvalue weighted by molar-refractivity contribution is 0.249. The summed E-state index contributed by atoms with van der Waals surface area (Å²) in [5, 5.41) is 3.29. The number of ether oxygens (including phenoxy) is 2. The van der Waals surface area contributed by atoms with Gasteiger partial charge in [0.1, 0.15) is 16.5 Å². The number of para-hydroxylation sites is 2. The fourth-order valence-corrected chi connectivity index (χ4v) is 4.37. The van der Waals surface area contributed by atoms with Gasteiger partial charge in [-0.25, -0.2) is 4.98 Å². The van der Waals surface area contributed by atoms with E-state index in [1.54, 1.807) is 25.6 Å². The Morgan fingerprint density at radius 1 is 0.906 bits per heavy atom. The van der Waals surface area contributed by atoms with Crippen LogP contribution in [0.1, 0.15) is 5.01 Å². The van der Waals surface area contributed by atoms with E-state index in [9.17, 15) is 0 Å². The third-order valence-electron chi connectivity index (χ3n) is 5.07. The molecule has 0 bridgehead atoms. The molecule has 0 atom stereocenters. The summed E-state index contributed by atoms with van der Waals surface area (Å²) >= 11 is 1.73. The molecule has 3 aromatic rings. The van der Waals surface area contributed by atoms with Crippen molar-refractivity contribution in [3.63, 3.8) is 0 Å². The molecule has 0 aliphatic carbocycles. The van der Waals surface area contributed by atoms with Gasteiger partial charge in [-0.15, -0.1) is 48.6 Å². The first kappa shape index (κ1) is 30.3. The lowest BCUT2D eigenvalue weighted by Gasteiger charge is -2.36. The average molecular weight is 523 g/mol. The molecule has 1 aliphatic rings.